The van der Waals surface area contributed by atoms with Gasteiger partial charge >= 0.3 is 11.8 Å². The summed E-state index contributed by atoms with van der Waals surface area (Å²) in [5, 5.41) is 13.5. The van der Waals surface area contributed by atoms with Gasteiger partial charge in [0.1, 0.15) is 6.10 Å². The van der Waals surface area contributed by atoms with Crippen LogP contribution in [0.5, 0.6) is 0 Å². The highest BCUT2D eigenvalue weighted by Gasteiger charge is 2.43. The van der Waals surface area contributed by atoms with Crippen LogP contribution >= 0.6 is 0 Å². The largest absolute Gasteiger partial charge is 0.396 e. The second-order valence-electron chi connectivity index (χ2n) is 5.21. The van der Waals surface area contributed by atoms with Crippen LogP contribution in [0, 0.1) is 0 Å². The SMILES string of the molecule is O=C(NCCCO)C(=O)NCC1COC2(CCCC2)O1. The maximum Gasteiger partial charge on any atom is 0.309 e. The van der Waals surface area contributed by atoms with Crippen LogP contribution < -0.4 is 10.6 Å². The number of aliphatic hydroxyl groups excluding tert-OH is 1. The predicted octanol–water partition coefficient (Wildman–Crippen LogP) is -0.713. The molecule has 0 bridgehead atoms. The van der Waals surface area contributed by atoms with E-state index < -0.39 is 17.6 Å². The number of carbonyl (C=O) groups excluding carboxylic acids is 2. The van der Waals surface area contributed by atoms with E-state index in [0.717, 1.165) is 25.7 Å². The Morgan fingerprint density at radius 1 is 1.20 bits per heavy atom. The van der Waals surface area contributed by atoms with E-state index in [4.69, 9.17) is 14.6 Å². The quantitative estimate of drug-likeness (QED) is 0.458. The summed E-state index contributed by atoms with van der Waals surface area (Å²) < 4.78 is 11.5. The van der Waals surface area contributed by atoms with E-state index in [1.54, 1.807) is 0 Å². The number of carbonyl (C=O) groups is 2. The number of hydrogen-bond acceptors (Lipinski definition) is 5. The van der Waals surface area contributed by atoms with Gasteiger partial charge in [-0.3, -0.25) is 9.59 Å². The molecule has 2 amide bonds. The highest BCUT2D eigenvalue weighted by Crippen LogP contribution is 2.38. The van der Waals surface area contributed by atoms with E-state index in [1.165, 1.54) is 0 Å². The standard InChI is InChI=1S/C13H22N2O5/c16-7-3-6-14-11(17)12(18)15-8-10-9-19-13(20-10)4-1-2-5-13/h10,16H,1-9H2,(H,14,17)(H,15,18). The molecule has 7 nitrogen and oxygen atoms in total. The lowest BCUT2D eigenvalue weighted by molar-refractivity contribution is -0.161. The zero-order valence-electron chi connectivity index (χ0n) is 11.5. The first-order chi connectivity index (χ1) is 9.65. The monoisotopic (exact) mass is 286 g/mol. The normalized spacial score (nSPS) is 23.9. The van der Waals surface area contributed by atoms with Crippen molar-refractivity contribution in [2.45, 2.75) is 44.0 Å². The van der Waals surface area contributed by atoms with Gasteiger partial charge in [0.2, 0.25) is 0 Å². The fraction of sp³-hybridized carbons (Fsp3) is 0.846. The summed E-state index contributed by atoms with van der Waals surface area (Å²) in [5.74, 6) is -1.81. The van der Waals surface area contributed by atoms with Crippen molar-refractivity contribution in [2.24, 2.45) is 0 Å². The summed E-state index contributed by atoms with van der Waals surface area (Å²) in [6.45, 7) is 0.993. The summed E-state index contributed by atoms with van der Waals surface area (Å²) in [4.78, 5) is 22.9. The van der Waals surface area contributed by atoms with Crippen LogP contribution in [0.25, 0.3) is 0 Å². The van der Waals surface area contributed by atoms with Gasteiger partial charge in [-0.25, -0.2) is 0 Å². The molecule has 0 radical (unpaired) electrons. The molecule has 2 aliphatic rings. The summed E-state index contributed by atoms with van der Waals surface area (Å²) in [6.07, 6.45) is 4.25. The fourth-order valence-corrected chi connectivity index (χ4v) is 2.54. The van der Waals surface area contributed by atoms with Crippen LogP contribution in [0.1, 0.15) is 32.1 Å². The summed E-state index contributed by atoms with van der Waals surface area (Å²) >= 11 is 0. The Morgan fingerprint density at radius 2 is 1.90 bits per heavy atom. The molecule has 0 aromatic carbocycles. The molecule has 0 aromatic rings. The van der Waals surface area contributed by atoms with Gasteiger partial charge in [0.05, 0.1) is 6.61 Å². The van der Waals surface area contributed by atoms with E-state index in [9.17, 15) is 9.59 Å². The predicted molar refractivity (Wildman–Crippen MR) is 69.7 cm³/mol. The Labute approximate surface area is 118 Å². The first kappa shape index (κ1) is 15.2. The van der Waals surface area contributed by atoms with Gasteiger partial charge in [-0.1, -0.05) is 0 Å². The van der Waals surface area contributed by atoms with Crippen LogP contribution in [0.2, 0.25) is 0 Å². The van der Waals surface area contributed by atoms with Gasteiger partial charge in [0.15, 0.2) is 5.79 Å². The maximum absolute atomic E-state index is 11.5. The van der Waals surface area contributed by atoms with Crippen molar-refractivity contribution in [1.29, 1.82) is 0 Å². The number of rotatable bonds is 5. The minimum Gasteiger partial charge on any atom is -0.396 e. The average Bonchev–Trinajstić information content (AvgIpc) is 3.07. The smallest absolute Gasteiger partial charge is 0.309 e. The first-order valence-corrected chi connectivity index (χ1v) is 7.14. The minimum absolute atomic E-state index is 0.0166. The number of aliphatic hydroxyl groups is 1. The van der Waals surface area contributed by atoms with E-state index in [2.05, 4.69) is 10.6 Å². The molecule has 1 unspecified atom stereocenters. The lowest BCUT2D eigenvalue weighted by atomic mass is 10.2. The van der Waals surface area contributed by atoms with Crippen molar-refractivity contribution in [1.82, 2.24) is 10.6 Å². The molecule has 20 heavy (non-hydrogen) atoms. The van der Waals surface area contributed by atoms with Crippen molar-refractivity contribution < 1.29 is 24.2 Å². The van der Waals surface area contributed by atoms with Crippen molar-refractivity contribution in [3.8, 4) is 0 Å². The van der Waals surface area contributed by atoms with Crippen LogP contribution in [-0.2, 0) is 19.1 Å². The van der Waals surface area contributed by atoms with Gasteiger partial charge in [-0.2, -0.15) is 0 Å². The minimum atomic E-state index is -0.687. The van der Waals surface area contributed by atoms with E-state index in [0.29, 0.717) is 13.0 Å². The van der Waals surface area contributed by atoms with E-state index >= 15 is 0 Å². The van der Waals surface area contributed by atoms with Crippen LogP contribution in [-0.4, -0.2) is 55.1 Å². The van der Waals surface area contributed by atoms with Gasteiger partial charge in [-0.15, -0.1) is 0 Å². The molecule has 114 valence electrons. The molecule has 0 aromatic heterocycles. The molecule has 3 N–H and O–H groups in total. The molecule has 2 fully saturated rings. The van der Waals surface area contributed by atoms with Crippen LogP contribution in [0.4, 0.5) is 0 Å². The second kappa shape index (κ2) is 7.01. The molecule has 2 rings (SSSR count). The van der Waals surface area contributed by atoms with Gasteiger partial charge in [0.25, 0.3) is 0 Å². The Hall–Kier alpha value is -1.18. The van der Waals surface area contributed by atoms with Crippen molar-refractivity contribution in [3.05, 3.63) is 0 Å². The maximum atomic E-state index is 11.5. The number of amides is 2. The molecule has 7 heteroatoms. The molecule has 1 saturated heterocycles. The number of ether oxygens (including phenoxy) is 2. The van der Waals surface area contributed by atoms with Crippen molar-refractivity contribution in [3.63, 3.8) is 0 Å². The lowest BCUT2D eigenvalue weighted by Crippen LogP contribution is -2.43. The fourth-order valence-electron chi connectivity index (χ4n) is 2.54. The second-order valence-corrected chi connectivity index (χ2v) is 5.21. The van der Waals surface area contributed by atoms with E-state index in [1.807, 2.05) is 0 Å². The summed E-state index contributed by atoms with van der Waals surface area (Å²) in [6, 6.07) is 0. The highest BCUT2D eigenvalue weighted by molar-refractivity contribution is 6.35. The zero-order valence-corrected chi connectivity index (χ0v) is 11.5. The molecular formula is C13H22N2O5. The molecule has 1 aliphatic heterocycles. The van der Waals surface area contributed by atoms with Crippen molar-refractivity contribution >= 4 is 11.8 Å². The lowest BCUT2D eigenvalue weighted by Gasteiger charge is -2.21. The topological polar surface area (TPSA) is 96.9 Å². The van der Waals surface area contributed by atoms with Crippen LogP contribution in [0.15, 0.2) is 0 Å². The molecular weight excluding hydrogens is 264 g/mol. The molecule has 1 atom stereocenters. The molecule has 1 heterocycles. The third-order valence-corrected chi connectivity index (χ3v) is 3.60. The third kappa shape index (κ3) is 3.91. The third-order valence-electron chi connectivity index (χ3n) is 3.60. The summed E-state index contributed by atoms with van der Waals surface area (Å²) in [5.41, 5.74) is 0. The Bertz CT molecular complexity index is 355. The van der Waals surface area contributed by atoms with Gasteiger partial charge < -0.3 is 25.2 Å². The van der Waals surface area contributed by atoms with Gasteiger partial charge in [0, 0.05) is 32.5 Å². The summed E-state index contributed by atoms with van der Waals surface area (Å²) in [7, 11) is 0. The van der Waals surface area contributed by atoms with Crippen molar-refractivity contribution in [2.75, 3.05) is 26.3 Å². The first-order valence-electron chi connectivity index (χ1n) is 7.14. The zero-order chi connectivity index (χ0) is 14.4. The highest BCUT2D eigenvalue weighted by atomic mass is 16.7. The van der Waals surface area contributed by atoms with Crippen LogP contribution in [0.3, 0.4) is 0 Å². The molecule has 1 spiro atoms. The Balaban J connectivity index is 1.65. The molecule has 1 aliphatic carbocycles. The average molecular weight is 286 g/mol. The number of hydrogen-bond donors (Lipinski definition) is 3. The van der Waals surface area contributed by atoms with E-state index in [-0.39, 0.29) is 25.8 Å². The number of nitrogens with one attached hydrogen (secondary N) is 2. The van der Waals surface area contributed by atoms with Gasteiger partial charge in [-0.05, 0) is 19.3 Å². The Kier molecular flexibility index (Phi) is 5.33. The molecule has 1 saturated carbocycles. The Morgan fingerprint density at radius 3 is 2.60 bits per heavy atom.